The summed E-state index contributed by atoms with van der Waals surface area (Å²) in [5.74, 6) is 1.73. The van der Waals surface area contributed by atoms with Crippen LogP contribution in [0.25, 0.3) is 0 Å². The number of carbonyl (C=O) groups excluding carboxylic acids is 1. The summed E-state index contributed by atoms with van der Waals surface area (Å²) in [5.41, 5.74) is 0.769. The minimum atomic E-state index is 0.0881. The highest BCUT2D eigenvalue weighted by Gasteiger charge is 2.20. The molecule has 1 aliphatic rings. The van der Waals surface area contributed by atoms with Crippen LogP contribution in [0.3, 0.4) is 0 Å². The van der Waals surface area contributed by atoms with Crippen molar-refractivity contribution in [1.29, 1.82) is 0 Å². The number of benzene rings is 2. The molecular formula is C20H24N2O3. The molecule has 2 N–H and O–H groups in total. The van der Waals surface area contributed by atoms with Crippen LogP contribution in [0.2, 0.25) is 0 Å². The molecular weight excluding hydrogens is 316 g/mol. The van der Waals surface area contributed by atoms with Crippen molar-refractivity contribution in [2.75, 3.05) is 31.6 Å². The lowest BCUT2D eigenvalue weighted by atomic mass is 9.97. The Morgan fingerprint density at radius 2 is 1.64 bits per heavy atom. The normalized spacial score (nSPS) is 14.7. The number of carbonyl (C=O) groups is 1. The summed E-state index contributed by atoms with van der Waals surface area (Å²) in [4.78, 5) is 12.3. The van der Waals surface area contributed by atoms with Crippen LogP contribution in [0.5, 0.6) is 11.5 Å². The summed E-state index contributed by atoms with van der Waals surface area (Å²) in [6.07, 6.45) is 1.78. The van der Waals surface area contributed by atoms with Gasteiger partial charge in [-0.3, -0.25) is 4.79 Å². The first-order valence-electron chi connectivity index (χ1n) is 8.73. The molecule has 0 bridgehead atoms. The van der Waals surface area contributed by atoms with Crippen LogP contribution in [0.15, 0.2) is 54.6 Å². The average molecular weight is 340 g/mol. The van der Waals surface area contributed by atoms with E-state index < -0.39 is 0 Å². The number of hydrogen-bond acceptors (Lipinski definition) is 4. The number of hydrogen-bond donors (Lipinski definition) is 2. The molecule has 2 aromatic carbocycles. The van der Waals surface area contributed by atoms with Gasteiger partial charge in [0.1, 0.15) is 24.7 Å². The van der Waals surface area contributed by atoms with Gasteiger partial charge in [-0.2, -0.15) is 0 Å². The van der Waals surface area contributed by atoms with E-state index in [1.807, 2.05) is 54.6 Å². The highest BCUT2D eigenvalue weighted by Crippen LogP contribution is 2.20. The van der Waals surface area contributed by atoms with Gasteiger partial charge >= 0.3 is 0 Å². The summed E-state index contributed by atoms with van der Waals surface area (Å²) < 4.78 is 11.3. The van der Waals surface area contributed by atoms with E-state index in [1.54, 1.807) is 0 Å². The molecule has 1 heterocycles. The summed E-state index contributed by atoms with van der Waals surface area (Å²) in [5, 5.41) is 6.26. The molecule has 1 saturated heterocycles. The number of amides is 1. The minimum Gasteiger partial charge on any atom is -0.490 e. The standard InChI is InChI=1S/C20H24N2O3/c23-20(16-9-11-21-12-10-16)22-17-5-4-8-19(15-17)25-14-13-24-18-6-2-1-3-7-18/h1-8,15-16,21H,9-14H2,(H,22,23). The molecule has 132 valence electrons. The molecule has 5 nitrogen and oxygen atoms in total. The van der Waals surface area contributed by atoms with E-state index in [9.17, 15) is 4.79 Å². The van der Waals surface area contributed by atoms with Gasteiger partial charge < -0.3 is 20.1 Å². The Hall–Kier alpha value is -2.53. The minimum absolute atomic E-state index is 0.0881. The van der Waals surface area contributed by atoms with Crippen molar-refractivity contribution in [3.05, 3.63) is 54.6 Å². The summed E-state index contributed by atoms with van der Waals surface area (Å²) in [6, 6.07) is 17.1. The van der Waals surface area contributed by atoms with Crippen molar-refractivity contribution < 1.29 is 14.3 Å². The van der Waals surface area contributed by atoms with Gasteiger partial charge in [0.05, 0.1) is 0 Å². The Morgan fingerprint density at radius 1 is 0.960 bits per heavy atom. The third-order valence-corrected chi connectivity index (χ3v) is 4.18. The molecule has 0 saturated carbocycles. The van der Waals surface area contributed by atoms with E-state index in [0.717, 1.165) is 43.1 Å². The Labute approximate surface area is 148 Å². The van der Waals surface area contributed by atoms with Crippen LogP contribution < -0.4 is 20.1 Å². The maximum Gasteiger partial charge on any atom is 0.227 e. The zero-order chi connectivity index (χ0) is 17.3. The van der Waals surface area contributed by atoms with Crippen LogP contribution in [-0.2, 0) is 4.79 Å². The number of anilines is 1. The molecule has 0 unspecified atom stereocenters. The fraction of sp³-hybridized carbons (Fsp3) is 0.350. The van der Waals surface area contributed by atoms with Crippen LogP contribution in [0.1, 0.15) is 12.8 Å². The monoisotopic (exact) mass is 340 g/mol. The van der Waals surface area contributed by atoms with Crippen LogP contribution in [0.4, 0.5) is 5.69 Å². The van der Waals surface area contributed by atoms with Crippen molar-refractivity contribution in [2.45, 2.75) is 12.8 Å². The van der Waals surface area contributed by atoms with Gasteiger partial charge in [-0.05, 0) is 50.2 Å². The Morgan fingerprint density at radius 3 is 2.40 bits per heavy atom. The molecule has 2 aromatic rings. The topological polar surface area (TPSA) is 59.6 Å². The molecule has 0 aromatic heterocycles. The molecule has 1 aliphatic heterocycles. The number of para-hydroxylation sites is 1. The number of ether oxygens (including phenoxy) is 2. The first kappa shape index (κ1) is 17.3. The predicted octanol–water partition coefficient (Wildman–Crippen LogP) is 3.08. The van der Waals surface area contributed by atoms with E-state index in [0.29, 0.717) is 13.2 Å². The fourth-order valence-corrected chi connectivity index (χ4v) is 2.83. The van der Waals surface area contributed by atoms with E-state index in [1.165, 1.54) is 0 Å². The van der Waals surface area contributed by atoms with Crippen molar-refractivity contribution in [2.24, 2.45) is 5.92 Å². The summed E-state index contributed by atoms with van der Waals surface area (Å²) >= 11 is 0. The SMILES string of the molecule is O=C(Nc1cccc(OCCOc2ccccc2)c1)C1CCNCC1. The third-order valence-electron chi connectivity index (χ3n) is 4.18. The lowest BCUT2D eigenvalue weighted by Crippen LogP contribution is -2.34. The second-order valence-corrected chi connectivity index (χ2v) is 6.05. The molecule has 25 heavy (non-hydrogen) atoms. The predicted molar refractivity (Wildman–Crippen MR) is 98.1 cm³/mol. The zero-order valence-corrected chi connectivity index (χ0v) is 14.2. The summed E-state index contributed by atoms with van der Waals surface area (Å²) in [7, 11) is 0. The molecule has 0 aliphatic carbocycles. The van der Waals surface area contributed by atoms with Crippen LogP contribution in [0, 0.1) is 5.92 Å². The zero-order valence-electron chi connectivity index (χ0n) is 14.2. The maximum absolute atomic E-state index is 12.3. The largest absolute Gasteiger partial charge is 0.490 e. The molecule has 0 radical (unpaired) electrons. The van der Waals surface area contributed by atoms with Crippen molar-refractivity contribution >= 4 is 11.6 Å². The van der Waals surface area contributed by atoms with Crippen molar-refractivity contribution in [3.8, 4) is 11.5 Å². The third kappa shape index (κ3) is 5.50. The average Bonchev–Trinajstić information content (AvgIpc) is 2.67. The van der Waals surface area contributed by atoms with Gasteiger partial charge in [-0.1, -0.05) is 24.3 Å². The Bertz CT molecular complexity index is 670. The van der Waals surface area contributed by atoms with Gasteiger partial charge in [-0.25, -0.2) is 0 Å². The van der Waals surface area contributed by atoms with Crippen LogP contribution >= 0.6 is 0 Å². The molecule has 0 spiro atoms. The smallest absolute Gasteiger partial charge is 0.227 e. The first-order valence-corrected chi connectivity index (χ1v) is 8.73. The maximum atomic E-state index is 12.3. The van der Waals surface area contributed by atoms with Gasteiger partial charge in [0.15, 0.2) is 0 Å². The Balaban J connectivity index is 1.45. The van der Waals surface area contributed by atoms with E-state index >= 15 is 0 Å². The van der Waals surface area contributed by atoms with E-state index in [2.05, 4.69) is 10.6 Å². The second kappa shape index (κ2) is 9.08. The van der Waals surface area contributed by atoms with E-state index in [-0.39, 0.29) is 11.8 Å². The molecule has 0 atom stereocenters. The molecule has 1 amide bonds. The molecule has 3 rings (SSSR count). The van der Waals surface area contributed by atoms with Gasteiger partial charge in [0.25, 0.3) is 0 Å². The van der Waals surface area contributed by atoms with Gasteiger partial charge in [0, 0.05) is 17.7 Å². The fourth-order valence-electron chi connectivity index (χ4n) is 2.83. The van der Waals surface area contributed by atoms with Crippen LogP contribution in [-0.4, -0.2) is 32.2 Å². The second-order valence-electron chi connectivity index (χ2n) is 6.05. The number of nitrogens with one attached hydrogen (secondary N) is 2. The highest BCUT2D eigenvalue weighted by molar-refractivity contribution is 5.92. The molecule has 5 heteroatoms. The highest BCUT2D eigenvalue weighted by atomic mass is 16.5. The van der Waals surface area contributed by atoms with Gasteiger partial charge in [0.2, 0.25) is 5.91 Å². The van der Waals surface area contributed by atoms with Gasteiger partial charge in [-0.15, -0.1) is 0 Å². The van der Waals surface area contributed by atoms with Crippen molar-refractivity contribution in [1.82, 2.24) is 5.32 Å². The number of rotatable bonds is 7. The lowest BCUT2D eigenvalue weighted by molar-refractivity contribution is -0.120. The Kier molecular flexibility index (Phi) is 6.29. The molecule has 1 fully saturated rings. The summed E-state index contributed by atoms with van der Waals surface area (Å²) in [6.45, 7) is 2.72. The number of piperidine rings is 1. The van der Waals surface area contributed by atoms with E-state index in [4.69, 9.17) is 9.47 Å². The lowest BCUT2D eigenvalue weighted by Gasteiger charge is -2.21. The van der Waals surface area contributed by atoms with Crippen molar-refractivity contribution in [3.63, 3.8) is 0 Å². The first-order chi connectivity index (χ1) is 12.3. The quantitative estimate of drug-likeness (QED) is 0.761.